The number of amides is 2. The molecule has 2 aliphatic rings. The Bertz CT molecular complexity index is 434. The Kier molecular flexibility index (Phi) is 4.70. The van der Waals surface area contributed by atoms with Crippen molar-refractivity contribution < 1.29 is 14.3 Å². The molecule has 1 unspecified atom stereocenters. The van der Waals surface area contributed by atoms with Crippen LogP contribution >= 0.6 is 0 Å². The summed E-state index contributed by atoms with van der Waals surface area (Å²) in [5, 5.41) is 0. The minimum absolute atomic E-state index is 0.0249. The zero-order valence-electron chi connectivity index (χ0n) is 14.2. The first-order valence-electron chi connectivity index (χ1n) is 8.14. The van der Waals surface area contributed by atoms with E-state index in [9.17, 15) is 9.59 Å². The van der Waals surface area contributed by atoms with Crippen LogP contribution in [0.2, 0.25) is 0 Å². The number of nitrogens with two attached hydrogens (primary N) is 1. The Morgan fingerprint density at radius 3 is 2.05 bits per heavy atom. The molecule has 0 radical (unpaired) electrons. The third-order valence-electron chi connectivity index (χ3n) is 4.62. The van der Waals surface area contributed by atoms with Gasteiger partial charge in [0.05, 0.1) is 6.04 Å². The van der Waals surface area contributed by atoms with Crippen LogP contribution in [-0.4, -0.2) is 59.6 Å². The standard InChI is InChI=1S/C16H29N3O3/c1-12(17)13(20)18-8-5-16(6-9-18)7-10-19(11-16)14(21)22-15(2,3)4/h12H,5-11,17H2,1-4H3. The Labute approximate surface area is 132 Å². The van der Waals surface area contributed by atoms with Crippen LogP contribution in [0.4, 0.5) is 4.79 Å². The average Bonchev–Trinajstić information content (AvgIpc) is 2.81. The maximum absolute atomic E-state index is 12.2. The molecule has 2 aliphatic heterocycles. The Balaban J connectivity index is 1.88. The van der Waals surface area contributed by atoms with Crippen molar-refractivity contribution in [2.45, 2.75) is 58.6 Å². The van der Waals surface area contributed by atoms with E-state index in [-0.39, 0.29) is 17.4 Å². The summed E-state index contributed by atoms with van der Waals surface area (Å²) in [6.45, 7) is 10.3. The lowest BCUT2D eigenvalue weighted by Crippen LogP contribution is -2.49. The van der Waals surface area contributed by atoms with Crippen LogP contribution in [0.25, 0.3) is 0 Å². The fourth-order valence-corrected chi connectivity index (χ4v) is 3.31. The van der Waals surface area contributed by atoms with Gasteiger partial charge in [-0.25, -0.2) is 4.79 Å². The molecule has 0 bridgehead atoms. The van der Waals surface area contributed by atoms with Gasteiger partial charge >= 0.3 is 6.09 Å². The SMILES string of the molecule is CC(N)C(=O)N1CCC2(CCN(C(=O)OC(C)(C)C)C2)CC1. The number of nitrogens with zero attached hydrogens (tertiary/aromatic N) is 2. The minimum atomic E-state index is -0.458. The van der Waals surface area contributed by atoms with Crippen LogP contribution in [0.3, 0.4) is 0 Å². The fraction of sp³-hybridized carbons (Fsp3) is 0.875. The second-order valence-electron chi connectivity index (χ2n) is 7.77. The highest BCUT2D eigenvalue weighted by Crippen LogP contribution is 2.40. The molecule has 6 heteroatoms. The molecule has 2 N–H and O–H groups in total. The van der Waals surface area contributed by atoms with Crippen molar-refractivity contribution in [3.05, 3.63) is 0 Å². The highest BCUT2D eigenvalue weighted by Gasteiger charge is 2.43. The van der Waals surface area contributed by atoms with Crippen LogP contribution in [-0.2, 0) is 9.53 Å². The predicted octanol–water partition coefficient (Wildman–Crippen LogP) is 1.58. The lowest BCUT2D eigenvalue weighted by Gasteiger charge is -2.39. The third kappa shape index (κ3) is 3.91. The molecule has 22 heavy (non-hydrogen) atoms. The van der Waals surface area contributed by atoms with Gasteiger partial charge < -0.3 is 20.3 Å². The largest absolute Gasteiger partial charge is 0.444 e. The summed E-state index contributed by atoms with van der Waals surface area (Å²) in [5.74, 6) is 0.0249. The van der Waals surface area contributed by atoms with Gasteiger partial charge in [0.15, 0.2) is 0 Å². The highest BCUT2D eigenvalue weighted by molar-refractivity contribution is 5.81. The summed E-state index contributed by atoms with van der Waals surface area (Å²) >= 11 is 0. The molecule has 2 amide bonds. The molecule has 2 saturated heterocycles. The molecule has 2 rings (SSSR count). The number of rotatable bonds is 1. The van der Waals surface area contributed by atoms with Gasteiger partial charge in [-0.15, -0.1) is 0 Å². The zero-order chi connectivity index (χ0) is 16.5. The quantitative estimate of drug-likeness (QED) is 0.798. The minimum Gasteiger partial charge on any atom is -0.444 e. The van der Waals surface area contributed by atoms with Crippen molar-refractivity contribution in [2.75, 3.05) is 26.2 Å². The first-order chi connectivity index (χ1) is 10.1. The van der Waals surface area contributed by atoms with E-state index in [1.807, 2.05) is 30.6 Å². The van der Waals surface area contributed by atoms with Gasteiger partial charge in [-0.1, -0.05) is 0 Å². The van der Waals surface area contributed by atoms with Crippen molar-refractivity contribution in [3.8, 4) is 0 Å². The molecule has 1 atom stereocenters. The summed E-state index contributed by atoms with van der Waals surface area (Å²) in [4.78, 5) is 27.8. The number of hydrogen-bond donors (Lipinski definition) is 1. The van der Waals surface area contributed by atoms with E-state index < -0.39 is 11.6 Å². The molecular formula is C16H29N3O3. The van der Waals surface area contributed by atoms with Gasteiger partial charge in [-0.3, -0.25) is 4.79 Å². The molecule has 0 aromatic heterocycles. The number of ether oxygens (including phenoxy) is 1. The Morgan fingerprint density at radius 1 is 1.09 bits per heavy atom. The lowest BCUT2D eigenvalue weighted by atomic mass is 9.77. The van der Waals surface area contributed by atoms with Crippen LogP contribution in [0.15, 0.2) is 0 Å². The van der Waals surface area contributed by atoms with Gasteiger partial charge in [-0.2, -0.15) is 0 Å². The van der Waals surface area contributed by atoms with Gasteiger partial charge in [0.1, 0.15) is 5.60 Å². The third-order valence-corrected chi connectivity index (χ3v) is 4.62. The summed E-state index contributed by atoms with van der Waals surface area (Å²) in [6, 6.07) is -0.434. The van der Waals surface area contributed by atoms with Gasteiger partial charge in [0.2, 0.25) is 5.91 Å². The molecule has 6 nitrogen and oxygen atoms in total. The van der Waals surface area contributed by atoms with Crippen molar-refractivity contribution in [3.63, 3.8) is 0 Å². The molecule has 0 aromatic rings. The number of carbonyl (C=O) groups is 2. The van der Waals surface area contributed by atoms with Gasteiger partial charge in [0.25, 0.3) is 0 Å². The predicted molar refractivity (Wildman–Crippen MR) is 84.3 cm³/mol. The fourth-order valence-electron chi connectivity index (χ4n) is 3.31. The summed E-state index contributed by atoms with van der Waals surface area (Å²) in [7, 11) is 0. The first-order valence-corrected chi connectivity index (χ1v) is 8.14. The molecule has 0 saturated carbocycles. The van der Waals surface area contributed by atoms with Crippen molar-refractivity contribution in [2.24, 2.45) is 11.1 Å². The second-order valence-corrected chi connectivity index (χ2v) is 7.77. The van der Waals surface area contributed by atoms with Crippen molar-refractivity contribution in [1.82, 2.24) is 9.80 Å². The van der Waals surface area contributed by atoms with Crippen molar-refractivity contribution in [1.29, 1.82) is 0 Å². The Hall–Kier alpha value is -1.30. The number of carbonyl (C=O) groups excluding carboxylic acids is 2. The first kappa shape index (κ1) is 17.1. The normalized spacial score (nSPS) is 22.8. The van der Waals surface area contributed by atoms with E-state index in [2.05, 4.69) is 0 Å². The second kappa shape index (κ2) is 6.07. The van der Waals surface area contributed by atoms with E-state index >= 15 is 0 Å². The van der Waals surface area contributed by atoms with E-state index in [0.717, 1.165) is 45.4 Å². The summed E-state index contributed by atoms with van der Waals surface area (Å²) in [6.07, 6.45) is 2.64. The monoisotopic (exact) mass is 311 g/mol. The number of likely N-dealkylation sites (tertiary alicyclic amines) is 2. The lowest BCUT2D eigenvalue weighted by molar-refractivity contribution is -0.134. The van der Waals surface area contributed by atoms with Crippen molar-refractivity contribution >= 4 is 12.0 Å². The molecule has 0 aliphatic carbocycles. The summed E-state index contributed by atoms with van der Waals surface area (Å²) in [5.41, 5.74) is 5.36. The number of hydrogen-bond acceptors (Lipinski definition) is 4. The Morgan fingerprint density at radius 2 is 1.59 bits per heavy atom. The van der Waals surface area contributed by atoms with E-state index in [1.54, 1.807) is 6.92 Å². The molecule has 1 spiro atoms. The molecule has 2 fully saturated rings. The smallest absolute Gasteiger partial charge is 0.410 e. The van der Waals surface area contributed by atoms with Gasteiger partial charge in [-0.05, 0) is 52.4 Å². The van der Waals surface area contributed by atoms with E-state index in [1.165, 1.54) is 0 Å². The topological polar surface area (TPSA) is 75.9 Å². The zero-order valence-corrected chi connectivity index (χ0v) is 14.2. The summed E-state index contributed by atoms with van der Waals surface area (Å²) < 4.78 is 5.45. The highest BCUT2D eigenvalue weighted by atomic mass is 16.6. The van der Waals surface area contributed by atoms with Crippen LogP contribution in [0.1, 0.15) is 47.0 Å². The van der Waals surface area contributed by atoms with Crippen LogP contribution in [0, 0.1) is 5.41 Å². The maximum Gasteiger partial charge on any atom is 0.410 e. The van der Waals surface area contributed by atoms with Crippen LogP contribution in [0.5, 0.6) is 0 Å². The average molecular weight is 311 g/mol. The van der Waals surface area contributed by atoms with Crippen LogP contribution < -0.4 is 5.73 Å². The molecule has 2 heterocycles. The molecule has 0 aromatic carbocycles. The van der Waals surface area contributed by atoms with Gasteiger partial charge in [0, 0.05) is 26.2 Å². The number of piperidine rings is 1. The molecule has 126 valence electrons. The molecular weight excluding hydrogens is 282 g/mol. The van der Waals surface area contributed by atoms with E-state index in [0.29, 0.717) is 0 Å². The maximum atomic E-state index is 12.2. The van der Waals surface area contributed by atoms with E-state index in [4.69, 9.17) is 10.5 Å².